The first kappa shape index (κ1) is 5.53. The number of fused-ring (bicyclic) bond motifs is 1. The molecule has 2 rings (SSSR count). The van der Waals surface area contributed by atoms with Gasteiger partial charge in [0.2, 0.25) is 5.71 Å². The van der Waals surface area contributed by atoms with E-state index >= 15 is 0 Å². The summed E-state index contributed by atoms with van der Waals surface area (Å²) in [5, 5.41) is 4.16. The molecule has 0 saturated carbocycles. The highest BCUT2D eigenvalue weighted by molar-refractivity contribution is 5.35. The first-order valence-electron chi connectivity index (χ1n) is 3.18. The summed E-state index contributed by atoms with van der Waals surface area (Å²) in [6.07, 6.45) is 1.86. The summed E-state index contributed by atoms with van der Waals surface area (Å²) in [6, 6.07) is 1.91. The van der Waals surface area contributed by atoms with Crippen molar-refractivity contribution >= 4 is 5.71 Å². The lowest BCUT2D eigenvalue weighted by molar-refractivity contribution is 0.572. The maximum absolute atomic E-state index is 5.29. The highest BCUT2D eigenvalue weighted by atomic mass is 16.3. The molecule has 0 spiro atoms. The van der Waals surface area contributed by atoms with Crippen molar-refractivity contribution in [1.29, 1.82) is 0 Å². The van der Waals surface area contributed by atoms with Crippen molar-refractivity contribution < 1.29 is 4.42 Å². The summed E-state index contributed by atoms with van der Waals surface area (Å²) in [6.45, 7) is 3.85. The number of hydrogen-bond acceptors (Lipinski definition) is 2. The molecule has 0 radical (unpaired) electrons. The van der Waals surface area contributed by atoms with Gasteiger partial charge in [-0.25, -0.2) is 4.52 Å². The highest BCUT2D eigenvalue weighted by Crippen LogP contribution is 2.09. The molecule has 0 amide bonds. The molecule has 0 aliphatic carbocycles. The number of aromatic nitrogens is 2. The van der Waals surface area contributed by atoms with E-state index in [2.05, 4.69) is 5.10 Å². The van der Waals surface area contributed by atoms with Crippen LogP contribution in [-0.2, 0) is 0 Å². The predicted molar refractivity (Wildman–Crippen MR) is 36.9 cm³/mol. The molecule has 0 aromatic carbocycles. The average molecular weight is 136 g/mol. The van der Waals surface area contributed by atoms with Crippen molar-refractivity contribution in [3.63, 3.8) is 0 Å². The van der Waals surface area contributed by atoms with Gasteiger partial charge in [-0.3, -0.25) is 0 Å². The van der Waals surface area contributed by atoms with Gasteiger partial charge < -0.3 is 4.42 Å². The summed E-state index contributed by atoms with van der Waals surface area (Å²) < 4.78 is 7.03. The summed E-state index contributed by atoms with van der Waals surface area (Å²) in [5.41, 5.74) is 1.80. The molecule has 0 unspecified atom stereocenters. The monoisotopic (exact) mass is 136 g/mol. The molecule has 0 saturated heterocycles. The Hall–Kier alpha value is -1.25. The molecule has 10 heavy (non-hydrogen) atoms. The van der Waals surface area contributed by atoms with Gasteiger partial charge in [0.1, 0.15) is 5.76 Å². The van der Waals surface area contributed by atoms with E-state index in [1.165, 1.54) is 0 Å². The number of aryl methyl sites for hydroxylation is 2. The maximum atomic E-state index is 5.29. The lowest BCUT2D eigenvalue weighted by atomic mass is 10.5. The summed E-state index contributed by atoms with van der Waals surface area (Å²) >= 11 is 0. The van der Waals surface area contributed by atoms with E-state index in [0.29, 0.717) is 0 Å². The van der Waals surface area contributed by atoms with E-state index in [4.69, 9.17) is 4.42 Å². The fraction of sp³-hybridized carbons (Fsp3) is 0.286. The predicted octanol–water partition coefficient (Wildman–Crippen LogP) is 1.54. The van der Waals surface area contributed by atoms with Gasteiger partial charge in [-0.2, -0.15) is 5.10 Å². The van der Waals surface area contributed by atoms with Crippen LogP contribution in [0.25, 0.3) is 5.71 Å². The molecule has 3 heteroatoms. The van der Waals surface area contributed by atoms with Gasteiger partial charge in [0, 0.05) is 6.07 Å². The van der Waals surface area contributed by atoms with E-state index < -0.39 is 0 Å². The van der Waals surface area contributed by atoms with Gasteiger partial charge >= 0.3 is 0 Å². The van der Waals surface area contributed by atoms with Gasteiger partial charge in [-0.15, -0.1) is 0 Å². The first-order chi connectivity index (χ1) is 4.75. The van der Waals surface area contributed by atoms with Crippen molar-refractivity contribution in [2.75, 3.05) is 0 Å². The summed E-state index contributed by atoms with van der Waals surface area (Å²) in [4.78, 5) is 0. The molecule has 0 bridgehead atoms. The first-order valence-corrected chi connectivity index (χ1v) is 3.18. The van der Waals surface area contributed by atoms with Crippen molar-refractivity contribution in [1.82, 2.24) is 9.61 Å². The Morgan fingerprint density at radius 3 is 3.00 bits per heavy atom. The van der Waals surface area contributed by atoms with Crippen molar-refractivity contribution in [3.05, 3.63) is 23.7 Å². The van der Waals surface area contributed by atoms with Crippen LogP contribution in [0.2, 0.25) is 0 Å². The lowest BCUT2D eigenvalue weighted by Crippen LogP contribution is -1.79. The van der Waals surface area contributed by atoms with Gasteiger partial charge in [-0.1, -0.05) is 0 Å². The molecule has 0 aliphatic heterocycles. The van der Waals surface area contributed by atoms with Gasteiger partial charge in [0.15, 0.2) is 0 Å². The molecule has 2 heterocycles. The zero-order valence-electron chi connectivity index (χ0n) is 5.96. The van der Waals surface area contributed by atoms with Gasteiger partial charge in [0.25, 0.3) is 0 Å². The quantitative estimate of drug-likeness (QED) is 0.550. The highest BCUT2D eigenvalue weighted by Gasteiger charge is 2.00. The molecule has 2 aromatic heterocycles. The van der Waals surface area contributed by atoms with Crippen LogP contribution in [0.4, 0.5) is 0 Å². The second-order valence-corrected chi connectivity index (χ2v) is 2.41. The molecular formula is C7H8N2O. The fourth-order valence-corrected chi connectivity index (χ4v) is 1.03. The molecule has 0 atom stereocenters. The van der Waals surface area contributed by atoms with Crippen LogP contribution in [0.5, 0.6) is 0 Å². The van der Waals surface area contributed by atoms with Gasteiger partial charge in [-0.05, 0) is 13.8 Å². The van der Waals surface area contributed by atoms with Crippen LogP contribution < -0.4 is 0 Å². The topological polar surface area (TPSA) is 30.4 Å². The molecule has 0 aliphatic rings. The van der Waals surface area contributed by atoms with Gasteiger partial charge in [0.05, 0.1) is 11.9 Å². The third-order valence-electron chi connectivity index (χ3n) is 1.39. The molecule has 2 aromatic rings. The minimum atomic E-state index is 0.815. The number of nitrogens with zero attached hydrogens (tertiary/aromatic N) is 2. The molecule has 0 N–H and O–H groups in total. The molecule has 3 nitrogen and oxygen atoms in total. The van der Waals surface area contributed by atoms with Crippen LogP contribution >= 0.6 is 0 Å². The minimum Gasteiger partial charge on any atom is -0.442 e. The Morgan fingerprint density at radius 2 is 2.30 bits per heavy atom. The average Bonchev–Trinajstić information content (AvgIpc) is 2.21. The van der Waals surface area contributed by atoms with E-state index in [1.54, 1.807) is 4.52 Å². The maximum Gasteiger partial charge on any atom is 0.221 e. The normalized spacial score (nSPS) is 11.0. The smallest absolute Gasteiger partial charge is 0.221 e. The van der Waals surface area contributed by atoms with Crippen molar-refractivity contribution in [3.8, 4) is 0 Å². The standard InChI is InChI=1S/C7H8N2O/c1-5-3-7-9(8-5)4-6(2)10-7/h3-4H,1-2H3. The second-order valence-electron chi connectivity index (χ2n) is 2.41. The summed E-state index contributed by atoms with van der Waals surface area (Å²) in [5.74, 6) is 0.891. The SMILES string of the molecule is Cc1cc2oc(C)cn2n1. The van der Waals surface area contributed by atoms with Crippen LogP contribution in [0.3, 0.4) is 0 Å². The van der Waals surface area contributed by atoms with Crippen LogP contribution in [0, 0.1) is 13.8 Å². The molecular weight excluding hydrogens is 128 g/mol. The van der Waals surface area contributed by atoms with Crippen molar-refractivity contribution in [2.45, 2.75) is 13.8 Å². The second kappa shape index (κ2) is 1.62. The Balaban J connectivity index is 2.83. The van der Waals surface area contributed by atoms with E-state index in [9.17, 15) is 0 Å². The fourth-order valence-electron chi connectivity index (χ4n) is 1.03. The Bertz CT molecular complexity index is 295. The molecule has 52 valence electrons. The number of hydrogen-bond donors (Lipinski definition) is 0. The van der Waals surface area contributed by atoms with Crippen LogP contribution in [0.1, 0.15) is 11.5 Å². The van der Waals surface area contributed by atoms with E-state index in [0.717, 1.165) is 17.2 Å². The largest absolute Gasteiger partial charge is 0.442 e. The third-order valence-corrected chi connectivity index (χ3v) is 1.39. The summed E-state index contributed by atoms with van der Waals surface area (Å²) in [7, 11) is 0. The number of rotatable bonds is 0. The van der Waals surface area contributed by atoms with Crippen molar-refractivity contribution in [2.24, 2.45) is 0 Å². The van der Waals surface area contributed by atoms with E-state index in [-0.39, 0.29) is 0 Å². The Labute approximate surface area is 58.3 Å². The Morgan fingerprint density at radius 1 is 1.50 bits per heavy atom. The van der Waals surface area contributed by atoms with E-state index in [1.807, 2.05) is 26.1 Å². The zero-order chi connectivity index (χ0) is 7.14. The Kier molecular flexibility index (Phi) is 0.897. The number of oxazole rings is 1. The third kappa shape index (κ3) is 0.635. The van der Waals surface area contributed by atoms with Crippen LogP contribution in [-0.4, -0.2) is 9.61 Å². The lowest BCUT2D eigenvalue weighted by Gasteiger charge is -1.74. The molecule has 0 fully saturated rings. The van der Waals surface area contributed by atoms with Crippen LogP contribution in [0.15, 0.2) is 16.7 Å². The minimum absolute atomic E-state index is 0.815. The zero-order valence-corrected chi connectivity index (χ0v) is 5.96.